The molecule has 92 valence electrons. The summed E-state index contributed by atoms with van der Waals surface area (Å²) in [5, 5.41) is 4.14. The van der Waals surface area contributed by atoms with Crippen LogP contribution in [0.4, 0.5) is 0 Å². The molecule has 3 aromatic rings. The van der Waals surface area contributed by atoms with E-state index in [1.165, 1.54) is 21.3 Å². The van der Waals surface area contributed by atoms with Gasteiger partial charge in [0.2, 0.25) is 0 Å². The summed E-state index contributed by atoms with van der Waals surface area (Å²) in [6.45, 7) is 4.40. The highest BCUT2D eigenvalue weighted by Gasteiger charge is 2.12. The summed E-state index contributed by atoms with van der Waals surface area (Å²) in [7, 11) is 0. The molecule has 0 atom stereocenters. The van der Waals surface area contributed by atoms with Crippen LogP contribution in [-0.4, -0.2) is 4.57 Å². The molecule has 1 nitrogen and oxygen atoms in total. The summed E-state index contributed by atoms with van der Waals surface area (Å²) in [6.07, 6.45) is 2.23. The quantitative estimate of drug-likeness (QED) is 0.573. The van der Waals surface area contributed by atoms with Gasteiger partial charge in [-0.3, -0.25) is 0 Å². The monoisotopic (exact) mass is 275 g/mol. The number of halogens is 1. The molecule has 0 fully saturated rings. The number of aromatic nitrogens is 1. The van der Waals surface area contributed by atoms with Crippen LogP contribution >= 0.6 is 22.9 Å². The molecule has 0 bridgehead atoms. The van der Waals surface area contributed by atoms with Gasteiger partial charge in [0.1, 0.15) is 0 Å². The lowest BCUT2D eigenvalue weighted by molar-refractivity contribution is 0.623. The van der Waals surface area contributed by atoms with Crippen molar-refractivity contribution >= 4 is 33.8 Å². The van der Waals surface area contributed by atoms with E-state index in [4.69, 9.17) is 11.6 Å². The number of rotatable bonds is 2. The number of benzene rings is 1. The molecule has 3 rings (SSSR count). The summed E-state index contributed by atoms with van der Waals surface area (Å²) < 4.78 is 2.31. The summed E-state index contributed by atoms with van der Waals surface area (Å²) in [6, 6.07) is 10.8. The van der Waals surface area contributed by atoms with Gasteiger partial charge in [0, 0.05) is 38.6 Å². The van der Waals surface area contributed by atoms with Gasteiger partial charge < -0.3 is 4.57 Å². The molecule has 18 heavy (non-hydrogen) atoms. The maximum atomic E-state index is 6.14. The molecule has 0 unspecified atom stereocenters. The SMILES string of the molecule is CC(C)n1cc(-c2cccs2)c2cc(Cl)ccc21. The number of nitrogens with zero attached hydrogens (tertiary/aromatic N) is 1. The van der Waals surface area contributed by atoms with E-state index in [0.717, 1.165) is 5.02 Å². The molecule has 0 aliphatic carbocycles. The summed E-state index contributed by atoms with van der Waals surface area (Å²) in [5.74, 6) is 0. The van der Waals surface area contributed by atoms with Gasteiger partial charge in [-0.05, 0) is 43.5 Å². The topological polar surface area (TPSA) is 4.93 Å². The number of fused-ring (bicyclic) bond motifs is 1. The number of thiophene rings is 1. The van der Waals surface area contributed by atoms with Gasteiger partial charge >= 0.3 is 0 Å². The Morgan fingerprint density at radius 1 is 1.22 bits per heavy atom. The fraction of sp³-hybridized carbons (Fsp3) is 0.200. The van der Waals surface area contributed by atoms with E-state index in [0.29, 0.717) is 6.04 Å². The smallest absolute Gasteiger partial charge is 0.0490 e. The number of hydrogen-bond acceptors (Lipinski definition) is 1. The van der Waals surface area contributed by atoms with E-state index in [1.54, 1.807) is 11.3 Å². The van der Waals surface area contributed by atoms with Crippen molar-refractivity contribution < 1.29 is 0 Å². The van der Waals surface area contributed by atoms with Gasteiger partial charge in [0.25, 0.3) is 0 Å². The molecule has 0 amide bonds. The molecule has 1 aromatic carbocycles. The Labute approximate surface area is 116 Å². The molecular weight excluding hydrogens is 262 g/mol. The molecule has 0 N–H and O–H groups in total. The van der Waals surface area contributed by atoms with Crippen molar-refractivity contribution in [2.45, 2.75) is 19.9 Å². The van der Waals surface area contributed by atoms with Crippen molar-refractivity contribution in [3.8, 4) is 10.4 Å². The van der Waals surface area contributed by atoms with Gasteiger partial charge in [0.05, 0.1) is 0 Å². The Balaban J connectivity index is 2.34. The lowest BCUT2D eigenvalue weighted by Crippen LogP contribution is -1.97. The molecule has 0 spiro atoms. The fourth-order valence-corrected chi connectivity index (χ4v) is 3.21. The van der Waals surface area contributed by atoms with Crippen LogP contribution in [0.5, 0.6) is 0 Å². The maximum Gasteiger partial charge on any atom is 0.0490 e. The minimum absolute atomic E-state index is 0.447. The molecule has 0 aliphatic heterocycles. The lowest BCUT2D eigenvalue weighted by Gasteiger charge is -2.08. The van der Waals surface area contributed by atoms with Crippen LogP contribution in [0.2, 0.25) is 5.02 Å². The van der Waals surface area contributed by atoms with Gasteiger partial charge in [-0.2, -0.15) is 0 Å². The molecular formula is C15H14ClNS. The van der Waals surface area contributed by atoms with E-state index in [2.05, 4.69) is 54.3 Å². The minimum atomic E-state index is 0.447. The first-order valence-corrected chi connectivity index (χ1v) is 7.26. The Morgan fingerprint density at radius 2 is 2.06 bits per heavy atom. The van der Waals surface area contributed by atoms with Gasteiger partial charge in [-0.15, -0.1) is 11.3 Å². The summed E-state index contributed by atoms with van der Waals surface area (Å²) in [5.41, 5.74) is 2.52. The third kappa shape index (κ3) is 1.86. The second-order valence-electron chi connectivity index (χ2n) is 4.68. The second-order valence-corrected chi connectivity index (χ2v) is 6.07. The average molecular weight is 276 g/mol. The Kier molecular flexibility index (Phi) is 2.92. The first-order valence-electron chi connectivity index (χ1n) is 6.01. The van der Waals surface area contributed by atoms with Crippen LogP contribution < -0.4 is 0 Å². The molecule has 2 aromatic heterocycles. The van der Waals surface area contributed by atoms with Crippen LogP contribution in [-0.2, 0) is 0 Å². The van der Waals surface area contributed by atoms with Crippen LogP contribution in [0.25, 0.3) is 21.3 Å². The fourth-order valence-electron chi connectivity index (χ4n) is 2.28. The van der Waals surface area contributed by atoms with E-state index in [-0.39, 0.29) is 0 Å². The zero-order valence-electron chi connectivity index (χ0n) is 10.4. The van der Waals surface area contributed by atoms with Crippen LogP contribution in [0.1, 0.15) is 19.9 Å². The predicted octanol–water partition coefficient (Wildman–Crippen LogP) is 5.60. The Bertz CT molecular complexity index is 680. The van der Waals surface area contributed by atoms with Gasteiger partial charge in [-0.25, -0.2) is 0 Å². The van der Waals surface area contributed by atoms with Crippen molar-refractivity contribution in [1.29, 1.82) is 0 Å². The highest BCUT2D eigenvalue weighted by Crippen LogP contribution is 2.36. The first-order chi connectivity index (χ1) is 8.66. The molecule has 0 saturated heterocycles. The summed E-state index contributed by atoms with van der Waals surface area (Å²) >= 11 is 7.90. The highest BCUT2D eigenvalue weighted by molar-refractivity contribution is 7.13. The van der Waals surface area contributed by atoms with Gasteiger partial charge in [-0.1, -0.05) is 17.7 Å². The standard InChI is InChI=1S/C15H14ClNS/c1-10(2)17-9-13(15-4-3-7-18-15)12-8-11(16)5-6-14(12)17/h3-10H,1-2H3. The predicted molar refractivity (Wildman–Crippen MR) is 80.6 cm³/mol. The number of hydrogen-bond donors (Lipinski definition) is 0. The van der Waals surface area contributed by atoms with E-state index < -0.39 is 0 Å². The molecule has 0 radical (unpaired) electrons. The van der Waals surface area contributed by atoms with Crippen molar-refractivity contribution in [3.05, 3.63) is 46.9 Å². The molecule has 0 saturated carbocycles. The van der Waals surface area contributed by atoms with E-state index in [9.17, 15) is 0 Å². The molecule has 0 aliphatic rings. The van der Waals surface area contributed by atoms with Crippen molar-refractivity contribution in [2.24, 2.45) is 0 Å². The van der Waals surface area contributed by atoms with Crippen LogP contribution in [0.15, 0.2) is 41.9 Å². The normalized spacial score (nSPS) is 11.6. The minimum Gasteiger partial charge on any atom is -0.344 e. The van der Waals surface area contributed by atoms with Gasteiger partial charge in [0.15, 0.2) is 0 Å². The Morgan fingerprint density at radius 3 is 2.72 bits per heavy atom. The zero-order valence-corrected chi connectivity index (χ0v) is 11.9. The average Bonchev–Trinajstić information content (AvgIpc) is 2.93. The van der Waals surface area contributed by atoms with Crippen molar-refractivity contribution in [1.82, 2.24) is 4.57 Å². The maximum absolute atomic E-state index is 6.14. The third-order valence-electron chi connectivity index (χ3n) is 3.14. The van der Waals surface area contributed by atoms with Crippen LogP contribution in [0, 0.1) is 0 Å². The molecule has 2 heterocycles. The lowest BCUT2D eigenvalue weighted by atomic mass is 10.1. The van der Waals surface area contributed by atoms with Crippen LogP contribution in [0.3, 0.4) is 0 Å². The largest absolute Gasteiger partial charge is 0.344 e. The zero-order chi connectivity index (χ0) is 12.7. The van der Waals surface area contributed by atoms with Crippen molar-refractivity contribution in [2.75, 3.05) is 0 Å². The van der Waals surface area contributed by atoms with E-state index >= 15 is 0 Å². The first kappa shape index (κ1) is 11.8. The second kappa shape index (κ2) is 4.45. The van der Waals surface area contributed by atoms with Crippen molar-refractivity contribution in [3.63, 3.8) is 0 Å². The Hall–Kier alpha value is -1.25. The molecule has 3 heteroatoms. The summed E-state index contributed by atoms with van der Waals surface area (Å²) in [4.78, 5) is 1.29. The third-order valence-corrected chi connectivity index (χ3v) is 4.28. The highest BCUT2D eigenvalue weighted by atomic mass is 35.5. The van der Waals surface area contributed by atoms with E-state index in [1.807, 2.05) is 6.07 Å².